The Morgan fingerprint density at radius 1 is 0.829 bits per heavy atom. The van der Waals surface area contributed by atoms with Gasteiger partial charge in [0.1, 0.15) is 6.10 Å². The highest BCUT2D eigenvalue weighted by molar-refractivity contribution is 7.80. The predicted molar refractivity (Wildman–Crippen MR) is 145 cm³/mol. The first-order valence-corrected chi connectivity index (χ1v) is 12.7. The van der Waals surface area contributed by atoms with Gasteiger partial charge < -0.3 is 5.11 Å². The molecule has 1 heterocycles. The number of aromatic nitrogens is 2. The molecule has 0 radical (unpaired) electrons. The third-order valence-corrected chi connectivity index (χ3v) is 8.19. The number of rotatable bonds is 6. The third-order valence-electron chi connectivity index (χ3n) is 5.67. The van der Waals surface area contributed by atoms with Gasteiger partial charge in [0.2, 0.25) is 0 Å². The summed E-state index contributed by atoms with van der Waals surface area (Å²) in [5.41, 5.74) is 1.13. The quantitative estimate of drug-likeness (QED) is 0.296. The molecule has 1 atom stereocenters. The topological polar surface area (TPSA) is 67.5 Å². The van der Waals surface area contributed by atoms with Crippen LogP contribution in [-0.4, -0.2) is 21.0 Å². The molecule has 1 unspecified atom stereocenters. The molecule has 5 aromatic rings. The van der Waals surface area contributed by atoms with E-state index in [1.165, 1.54) is 15.3 Å². The average molecular weight is 478 g/mol. The molecule has 0 amide bonds. The van der Waals surface area contributed by atoms with Crippen molar-refractivity contribution in [2.75, 3.05) is 0 Å². The fourth-order valence-electron chi connectivity index (χ4n) is 4.02. The smallest absolute Gasteiger partial charge is 0.282 e. The highest BCUT2D eigenvalue weighted by atomic mass is 31.1. The van der Waals surface area contributed by atoms with Crippen molar-refractivity contribution < 1.29 is 5.11 Å². The number of hydrogen-bond donors (Lipinski definition) is 1. The minimum absolute atomic E-state index is 0.204. The largest absolute Gasteiger partial charge is 0.385 e. The van der Waals surface area contributed by atoms with Crippen molar-refractivity contribution in [2.24, 2.45) is 5.10 Å². The van der Waals surface area contributed by atoms with E-state index in [1.807, 2.05) is 36.4 Å². The van der Waals surface area contributed by atoms with E-state index in [2.05, 4.69) is 64.7 Å². The zero-order chi connectivity index (χ0) is 24.2. The van der Waals surface area contributed by atoms with Gasteiger partial charge in [-0.1, -0.05) is 97.1 Å². The van der Waals surface area contributed by atoms with Crippen LogP contribution in [0.15, 0.2) is 119 Å². The van der Waals surface area contributed by atoms with Gasteiger partial charge in [-0.2, -0.15) is 9.78 Å². The second-order valence-electron chi connectivity index (χ2n) is 8.09. The summed E-state index contributed by atoms with van der Waals surface area (Å²) < 4.78 is 1.21. The lowest BCUT2D eigenvalue weighted by molar-refractivity contribution is 0.183. The molecule has 0 spiro atoms. The fraction of sp³-hybridized carbons (Fsp3) is 0.0690. The highest BCUT2D eigenvalue weighted by Crippen LogP contribution is 2.33. The molecule has 0 saturated heterocycles. The lowest BCUT2D eigenvalue weighted by Crippen LogP contribution is -2.25. The summed E-state index contributed by atoms with van der Waals surface area (Å²) in [4.78, 5) is 17.7. The molecule has 5 nitrogen and oxygen atoms in total. The van der Waals surface area contributed by atoms with Gasteiger partial charge in [0.15, 0.2) is 5.82 Å². The Morgan fingerprint density at radius 2 is 1.40 bits per heavy atom. The monoisotopic (exact) mass is 477 g/mol. The van der Waals surface area contributed by atoms with Crippen molar-refractivity contribution in [3.05, 3.63) is 131 Å². The summed E-state index contributed by atoms with van der Waals surface area (Å²) in [5, 5.41) is 18.9. The molecule has 6 heteroatoms. The Labute approximate surface area is 204 Å². The Balaban J connectivity index is 1.66. The number of hydrogen-bond acceptors (Lipinski definition) is 4. The van der Waals surface area contributed by atoms with Crippen LogP contribution >= 0.6 is 7.92 Å². The summed E-state index contributed by atoms with van der Waals surface area (Å²) in [6, 6.07) is 36.1. The van der Waals surface area contributed by atoms with E-state index in [9.17, 15) is 9.90 Å². The van der Waals surface area contributed by atoms with Crippen LogP contribution in [0.5, 0.6) is 0 Å². The van der Waals surface area contributed by atoms with E-state index in [0.717, 1.165) is 10.9 Å². The minimum Gasteiger partial charge on any atom is -0.385 e. The highest BCUT2D eigenvalue weighted by Gasteiger charge is 2.19. The summed E-state index contributed by atoms with van der Waals surface area (Å²) in [5.74, 6) is 0.204. The van der Waals surface area contributed by atoms with Crippen LogP contribution in [0, 0.1) is 0 Å². The van der Waals surface area contributed by atoms with Gasteiger partial charge >= 0.3 is 0 Å². The van der Waals surface area contributed by atoms with E-state index in [4.69, 9.17) is 0 Å². The van der Waals surface area contributed by atoms with Crippen LogP contribution < -0.4 is 21.5 Å². The number of nitrogens with zero attached hydrogens (tertiary/aromatic N) is 3. The molecule has 4 aromatic carbocycles. The van der Waals surface area contributed by atoms with E-state index >= 15 is 0 Å². The van der Waals surface area contributed by atoms with E-state index < -0.39 is 14.0 Å². The predicted octanol–water partition coefficient (Wildman–Crippen LogP) is 4.09. The van der Waals surface area contributed by atoms with Gasteiger partial charge in [0, 0.05) is 5.56 Å². The first-order chi connectivity index (χ1) is 17.1. The molecular weight excluding hydrogens is 453 g/mol. The molecule has 0 fully saturated rings. The standard InChI is InChI=1S/C29H24N3O2P/c1-21(33)28-31-26-18-10-9-17-25(26)29(34)32(28)30-20-22-12-8-11-19-27(22)35(23-13-4-2-5-14-23)24-15-6-3-7-16-24/h2-21,33H,1H3. The normalized spacial score (nSPS) is 12.4. The molecule has 1 aromatic heterocycles. The zero-order valence-corrected chi connectivity index (χ0v) is 20.1. The maximum atomic E-state index is 13.2. The Kier molecular flexibility index (Phi) is 6.62. The van der Waals surface area contributed by atoms with Crippen LogP contribution in [0.25, 0.3) is 10.9 Å². The lowest BCUT2D eigenvalue weighted by atomic mass is 10.2. The molecule has 0 saturated carbocycles. The van der Waals surface area contributed by atoms with Crippen LogP contribution in [0.2, 0.25) is 0 Å². The maximum Gasteiger partial charge on any atom is 0.282 e. The average Bonchev–Trinajstić information content (AvgIpc) is 2.90. The number of aliphatic hydroxyl groups excluding tert-OH is 1. The number of para-hydroxylation sites is 1. The molecule has 1 N–H and O–H groups in total. The second-order valence-corrected chi connectivity index (χ2v) is 10.3. The van der Waals surface area contributed by atoms with Crippen molar-refractivity contribution in [1.29, 1.82) is 0 Å². The summed E-state index contributed by atoms with van der Waals surface area (Å²) in [6.07, 6.45) is 0.741. The molecule has 0 aliphatic rings. The summed E-state index contributed by atoms with van der Waals surface area (Å²) >= 11 is 0. The first-order valence-electron chi connectivity index (χ1n) is 11.4. The minimum atomic E-state index is -0.953. The SMILES string of the molecule is CC(O)c1nc2ccccc2c(=O)n1N=Cc1ccccc1P(c1ccccc1)c1ccccc1. The second kappa shape index (κ2) is 10.1. The van der Waals surface area contributed by atoms with E-state index in [-0.39, 0.29) is 11.4 Å². The molecule has 0 bridgehead atoms. The van der Waals surface area contributed by atoms with Gasteiger partial charge in [0.05, 0.1) is 17.1 Å². The number of benzene rings is 4. The van der Waals surface area contributed by atoms with Gasteiger partial charge in [-0.15, -0.1) is 0 Å². The molecule has 172 valence electrons. The maximum absolute atomic E-state index is 13.2. The van der Waals surface area contributed by atoms with E-state index in [1.54, 1.807) is 31.3 Å². The van der Waals surface area contributed by atoms with Crippen molar-refractivity contribution in [2.45, 2.75) is 13.0 Å². The van der Waals surface area contributed by atoms with Gasteiger partial charge in [-0.25, -0.2) is 4.98 Å². The van der Waals surface area contributed by atoms with Crippen LogP contribution in [0.4, 0.5) is 0 Å². The van der Waals surface area contributed by atoms with E-state index in [0.29, 0.717) is 10.9 Å². The summed E-state index contributed by atoms with van der Waals surface area (Å²) in [7, 11) is -0.847. The van der Waals surface area contributed by atoms with Crippen LogP contribution in [-0.2, 0) is 0 Å². The van der Waals surface area contributed by atoms with Crippen LogP contribution in [0.1, 0.15) is 24.4 Å². The molecule has 35 heavy (non-hydrogen) atoms. The van der Waals surface area contributed by atoms with Crippen LogP contribution in [0.3, 0.4) is 0 Å². The third kappa shape index (κ3) is 4.69. The molecule has 0 aliphatic heterocycles. The first kappa shape index (κ1) is 22.9. The fourth-order valence-corrected chi connectivity index (χ4v) is 6.45. The van der Waals surface area contributed by atoms with Crippen molar-refractivity contribution in [3.63, 3.8) is 0 Å². The van der Waals surface area contributed by atoms with Crippen molar-refractivity contribution in [3.8, 4) is 0 Å². The van der Waals surface area contributed by atoms with Crippen molar-refractivity contribution >= 4 is 41.0 Å². The lowest BCUT2D eigenvalue weighted by Gasteiger charge is -2.21. The van der Waals surface area contributed by atoms with Crippen molar-refractivity contribution in [1.82, 2.24) is 9.66 Å². The number of fused-ring (bicyclic) bond motifs is 1. The molecule has 0 aliphatic carbocycles. The Morgan fingerprint density at radius 3 is 2.06 bits per heavy atom. The Bertz CT molecular complexity index is 1510. The summed E-state index contributed by atoms with van der Waals surface area (Å²) in [6.45, 7) is 1.58. The molecular formula is C29H24N3O2P. The molecule has 5 rings (SSSR count). The zero-order valence-electron chi connectivity index (χ0n) is 19.2. The van der Waals surface area contributed by atoms with Gasteiger partial charge in [0.25, 0.3) is 5.56 Å². The Hall–Kier alpha value is -3.92. The number of aliphatic hydroxyl groups is 1. The van der Waals surface area contributed by atoms with Gasteiger partial charge in [-0.05, 0) is 42.9 Å². The van der Waals surface area contributed by atoms with Gasteiger partial charge in [-0.3, -0.25) is 4.79 Å².